The highest BCUT2D eigenvalue weighted by atomic mass is 16.5. The number of carbonyl (C=O) groups is 1. The molecule has 1 N–H and O–H groups in total. The molecule has 22 heavy (non-hydrogen) atoms. The second-order valence-electron chi connectivity index (χ2n) is 5.93. The first-order chi connectivity index (χ1) is 10.6. The molecular formula is C17H26N2O3. The number of nitrogens with one attached hydrogen (secondary N) is 1. The summed E-state index contributed by atoms with van der Waals surface area (Å²) in [6.07, 6.45) is 2.30. The summed E-state index contributed by atoms with van der Waals surface area (Å²) in [5, 5.41) is 2.91. The number of urea groups is 1. The highest BCUT2D eigenvalue weighted by Crippen LogP contribution is 2.27. The van der Waals surface area contributed by atoms with Gasteiger partial charge >= 0.3 is 6.03 Å². The standard InChI is InChI=1S/C17H26N2O3/c1-13-6-7-15(16(11-13)21-3)22-10-8-18-17(20)19-9-4-5-14(2)12-19/h6-7,11,14H,4-5,8-10,12H2,1-3H3,(H,18,20). The zero-order valence-corrected chi connectivity index (χ0v) is 13.7. The fourth-order valence-corrected chi connectivity index (χ4v) is 2.70. The lowest BCUT2D eigenvalue weighted by molar-refractivity contribution is 0.167. The van der Waals surface area contributed by atoms with Gasteiger partial charge in [-0.2, -0.15) is 0 Å². The third-order valence-electron chi connectivity index (χ3n) is 3.90. The highest BCUT2D eigenvalue weighted by Gasteiger charge is 2.20. The molecule has 1 fully saturated rings. The maximum atomic E-state index is 12.1. The molecule has 0 radical (unpaired) electrons. The summed E-state index contributed by atoms with van der Waals surface area (Å²) in [6, 6.07) is 5.81. The number of hydrogen-bond donors (Lipinski definition) is 1. The monoisotopic (exact) mass is 306 g/mol. The molecule has 5 heteroatoms. The van der Waals surface area contributed by atoms with Crippen LogP contribution < -0.4 is 14.8 Å². The molecule has 2 rings (SSSR count). The SMILES string of the molecule is COc1cc(C)ccc1OCCNC(=O)N1CCCC(C)C1. The zero-order valence-electron chi connectivity index (χ0n) is 13.7. The third kappa shape index (κ3) is 4.55. The van der Waals surface area contributed by atoms with Gasteiger partial charge in [0.25, 0.3) is 0 Å². The smallest absolute Gasteiger partial charge is 0.317 e. The fourth-order valence-electron chi connectivity index (χ4n) is 2.70. The predicted molar refractivity (Wildman–Crippen MR) is 86.6 cm³/mol. The molecule has 1 heterocycles. The van der Waals surface area contributed by atoms with Crippen LogP contribution in [0.4, 0.5) is 4.79 Å². The van der Waals surface area contributed by atoms with Crippen LogP contribution in [0.25, 0.3) is 0 Å². The average Bonchev–Trinajstić information content (AvgIpc) is 2.52. The van der Waals surface area contributed by atoms with Gasteiger partial charge < -0.3 is 19.7 Å². The van der Waals surface area contributed by atoms with E-state index >= 15 is 0 Å². The quantitative estimate of drug-likeness (QED) is 0.851. The van der Waals surface area contributed by atoms with Gasteiger partial charge in [-0.15, -0.1) is 0 Å². The molecule has 1 aromatic carbocycles. The van der Waals surface area contributed by atoms with Crippen LogP contribution in [-0.2, 0) is 0 Å². The van der Waals surface area contributed by atoms with Gasteiger partial charge in [0, 0.05) is 13.1 Å². The summed E-state index contributed by atoms with van der Waals surface area (Å²) < 4.78 is 11.0. The Morgan fingerprint density at radius 3 is 2.95 bits per heavy atom. The molecule has 0 aliphatic carbocycles. The Bertz CT molecular complexity index is 505. The minimum Gasteiger partial charge on any atom is -0.493 e. The molecule has 1 aliphatic heterocycles. The molecule has 0 spiro atoms. The molecular weight excluding hydrogens is 280 g/mol. The van der Waals surface area contributed by atoms with Crippen molar-refractivity contribution in [2.75, 3.05) is 33.4 Å². The Morgan fingerprint density at radius 1 is 1.41 bits per heavy atom. The number of amides is 2. The summed E-state index contributed by atoms with van der Waals surface area (Å²) in [6.45, 7) is 6.80. The third-order valence-corrected chi connectivity index (χ3v) is 3.90. The van der Waals surface area contributed by atoms with E-state index in [2.05, 4.69) is 12.2 Å². The Labute approximate surface area is 132 Å². The fraction of sp³-hybridized carbons (Fsp3) is 0.588. The highest BCUT2D eigenvalue weighted by molar-refractivity contribution is 5.74. The number of aryl methyl sites for hydroxylation is 1. The van der Waals surface area contributed by atoms with Crippen molar-refractivity contribution >= 4 is 6.03 Å². The first-order valence-corrected chi connectivity index (χ1v) is 7.90. The summed E-state index contributed by atoms with van der Waals surface area (Å²) >= 11 is 0. The normalized spacial score (nSPS) is 18.0. The van der Waals surface area contributed by atoms with Crippen molar-refractivity contribution in [1.82, 2.24) is 10.2 Å². The molecule has 122 valence electrons. The van der Waals surface area contributed by atoms with E-state index in [1.807, 2.05) is 30.0 Å². The van der Waals surface area contributed by atoms with Gasteiger partial charge in [0.1, 0.15) is 6.61 Å². The molecule has 5 nitrogen and oxygen atoms in total. The maximum Gasteiger partial charge on any atom is 0.317 e. The van der Waals surface area contributed by atoms with Crippen LogP contribution in [0.5, 0.6) is 11.5 Å². The topological polar surface area (TPSA) is 50.8 Å². The Morgan fingerprint density at radius 2 is 2.23 bits per heavy atom. The summed E-state index contributed by atoms with van der Waals surface area (Å²) in [5.41, 5.74) is 1.12. The Kier molecular flexibility index (Phi) is 5.92. The number of rotatable bonds is 5. The van der Waals surface area contributed by atoms with E-state index in [0.717, 1.165) is 30.8 Å². The van der Waals surface area contributed by atoms with E-state index in [9.17, 15) is 4.79 Å². The van der Waals surface area contributed by atoms with Crippen LogP contribution >= 0.6 is 0 Å². The minimum absolute atomic E-state index is 0.00558. The maximum absolute atomic E-state index is 12.1. The lowest BCUT2D eigenvalue weighted by Gasteiger charge is -2.30. The van der Waals surface area contributed by atoms with E-state index in [4.69, 9.17) is 9.47 Å². The van der Waals surface area contributed by atoms with Crippen LogP contribution in [0.2, 0.25) is 0 Å². The van der Waals surface area contributed by atoms with Crippen molar-refractivity contribution in [3.63, 3.8) is 0 Å². The Balaban J connectivity index is 1.74. The largest absolute Gasteiger partial charge is 0.493 e. The van der Waals surface area contributed by atoms with Crippen LogP contribution in [0.15, 0.2) is 18.2 Å². The summed E-state index contributed by atoms with van der Waals surface area (Å²) in [7, 11) is 1.63. The molecule has 1 atom stereocenters. The van der Waals surface area contributed by atoms with Crippen molar-refractivity contribution in [3.05, 3.63) is 23.8 Å². The van der Waals surface area contributed by atoms with Crippen LogP contribution in [0.1, 0.15) is 25.3 Å². The summed E-state index contributed by atoms with van der Waals surface area (Å²) in [5.74, 6) is 2.01. The number of nitrogens with zero attached hydrogens (tertiary/aromatic N) is 1. The van der Waals surface area contributed by atoms with Crippen molar-refractivity contribution in [2.45, 2.75) is 26.7 Å². The van der Waals surface area contributed by atoms with Gasteiger partial charge in [-0.3, -0.25) is 0 Å². The number of piperidine rings is 1. The number of carbonyl (C=O) groups excluding carboxylic acids is 1. The lowest BCUT2D eigenvalue weighted by atomic mass is 10.0. The number of methoxy groups -OCH3 is 1. The first-order valence-electron chi connectivity index (χ1n) is 7.90. The number of benzene rings is 1. The number of ether oxygens (including phenoxy) is 2. The van der Waals surface area contributed by atoms with E-state index in [-0.39, 0.29) is 6.03 Å². The van der Waals surface area contributed by atoms with Crippen LogP contribution in [-0.4, -0.2) is 44.3 Å². The number of hydrogen-bond acceptors (Lipinski definition) is 3. The van der Waals surface area contributed by atoms with Gasteiger partial charge in [0.05, 0.1) is 13.7 Å². The van der Waals surface area contributed by atoms with E-state index in [1.54, 1.807) is 7.11 Å². The van der Waals surface area contributed by atoms with Gasteiger partial charge in [-0.25, -0.2) is 4.79 Å². The van der Waals surface area contributed by atoms with E-state index < -0.39 is 0 Å². The molecule has 1 aliphatic rings. The first kappa shape index (κ1) is 16.5. The van der Waals surface area contributed by atoms with Crippen molar-refractivity contribution in [2.24, 2.45) is 5.92 Å². The molecule has 0 aromatic heterocycles. The molecule has 2 amide bonds. The molecule has 0 bridgehead atoms. The second-order valence-corrected chi connectivity index (χ2v) is 5.93. The second kappa shape index (κ2) is 7.92. The van der Waals surface area contributed by atoms with Crippen LogP contribution in [0.3, 0.4) is 0 Å². The Hall–Kier alpha value is -1.91. The summed E-state index contributed by atoms with van der Waals surface area (Å²) in [4.78, 5) is 13.9. The molecule has 0 saturated carbocycles. The van der Waals surface area contributed by atoms with Crippen molar-refractivity contribution in [1.29, 1.82) is 0 Å². The van der Waals surface area contributed by atoms with E-state index in [0.29, 0.717) is 24.8 Å². The minimum atomic E-state index is 0.00558. The van der Waals surface area contributed by atoms with Crippen molar-refractivity contribution < 1.29 is 14.3 Å². The average molecular weight is 306 g/mol. The van der Waals surface area contributed by atoms with Crippen LogP contribution in [0, 0.1) is 12.8 Å². The van der Waals surface area contributed by atoms with Gasteiger partial charge in [0.15, 0.2) is 11.5 Å². The van der Waals surface area contributed by atoms with Gasteiger partial charge in [-0.1, -0.05) is 13.0 Å². The van der Waals surface area contributed by atoms with Gasteiger partial charge in [-0.05, 0) is 43.4 Å². The molecule has 1 aromatic rings. The predicted octanol–water partition coefficient (Wildman–Crippen LogP) is 2.82. The molecule has 1 unspecified atom stereocenters. The lowest BCUT2D eigenvalue weighted by Crippen LogP contribution is -2.45. The van der Waals surface area contributed by atoms with Gasteiger partial charge in [0.2, 0.25) is 0 Å². The molecule has 1 saturated heterocycles. The van der Waals surface area contributed by atoms with E-state index in [1.165, 1.54) is 6.42 Å². The number of likely N-dealkylation sites (tertiary alicyclic amines) is 1. The van der Waals surface area contributed by atoms with Crippen molar-refractivity contribution in [3.8, 4) is 11.5 Å². The zero-order chi connectivity index (χ0) is 15.9.